The maximum Gasteiger partial charge on any atom is 0.417 e. The van der Waals surface area contributed by atoms with E-state index in [0.29, 0.717) is 28.6 Å². The number of urea groups is 1. The smallest absolute Gasteiger partial charge is 0.417 e. The Kier molecular flexibility index (Phi) is 8.92. The minimum absolute atomic E-state index is 0.0749. The monoisotopic (exact) mass is 590 g/mol. The molecule has 0 bridgehead atoms. The van der Waals surface area contributed by atoms with Crippen molar-refractivity contribution >= 4 is 63.7 Å². The van der Waals surface area contributed by atoms with Crippen molar-refractivity contribution in [1.82, 2.24) is 9.97 Å². The van der Waals surface area contributed by atoms with Gasteiger partial charge in [0.25, 0.3) is 0 Å². The van der Waals surface area contributed by atoms with E-state index in [1.165, 1.54) is 12.4 Å². The van der Waals surface area contributed by atoms with E-state index >= 15 is 0 Å². The van der Waals surface area contributed by atoms with Gasteiger partial charge in [0.15, 0.2) is 0 Å². The summed E-state index contributed by atoms with van der Waals surface area (Å²) < 4.78 is 44.9. The molecule has 40 heavy (non-hydrogen) atoms. The number of halogens is 5. The number of ether oxygens (including phenoxy) is 1. The van der Waals surface area contributed by atoms with Gasteiger partial charge in [0.05, 0.1) is 10.6 Å². The van der Waals surface area contributed by atoms with Gasteiger partial charge in [0.1, 0.15) is 23.8 Å². The molecule has 0 aliphatic rings. The summed E-state index contributed by atoms with van der Waals surface area (Å²) in [6, 6.07) is 17.0. The number of rotatable bonds is 8. The van der Waals surface area contributed by atoms with Crippen LogP contribution in [-0.2, 0) is 11.0 Å². The zero-order chi connectivity index (χ0) is 28.7. The van der Waals surface area contributed by atoms with Crippen molar-refractivity contribution < 1.29 is 27.5 Å². The van der Waals surface area contributed by atoms with Crippen LogP contribution in [0.5, 0.6) is 11.6 Å². The summed E-state index contributed by atoms with van der Waals surface area (Å²) in [4.78, 5) is 32.0. The first kappa shape index (κ1) is 28.5. The van der Waals surface area contributed by atoms with Gasteiger partial charge in [0, 0.05) is 28.8 Å². The molecule has 3 amide bonds. The first-order valence-electron chi connectivity index (χ1n) is 11.4. The molecule has 0 fully saturated rings. The van der Waals surface area contributed by atoms with Gasteiger partial charge in [-0.15, -0.1) is 11.6 Å². The van der Waals surface area contributed by atoms with Crippen LogP contribution >= 0.6 is 23.2 Å². The standard InChI is InChI=1S/C26H19Cl2F3N6O3/c27-13-23(38)35-17-3-1-2-16(10-17)34-22-12-24(33-14-32-22)40-19-7-4-15(5-8-19)36-25(39)37-18-6-9-21(28)20(11-18)26(29,30)31/h1-12,14H,13H2,(H,35,38)(H,32,33,34)(H2,36,37,39). The Bertz CT molecular complexity index is 1520. The molecule has 4 rings (SSSR count). The lowest BCUT2D eigenvalue weighted by Gasteiger charge is -2.12. The first-order valence-corrected chi connectivity index (χ1v) is 12.3. The van der Waals surface area contributed by atoms with Crippen molar-refractivity contribution in [2.24, 2.45) is 0 Å². The minimum Gasteiger partial charge on any atom is -0.439 e. The van der Waals surface area contributed by atoms with Crippen molar-refractivity contribution in [3.05, 3.63) is 89.7 Å². The molecular formula is C26H19Cl2F3N6O3. The number of anilines is 5. The highest BCUT2D eigenvalue weighted by molar-refractivity contribution is 6.31. The van der Waals surface area contributed by atoms with Crippen molar-refractivity contribution in [2.75, 3.05) is 27.1 Å². The molecule has 4 N–H and O–H groups in total. The molecule has 0 aliphatic heterocycles. The van der Waals surface area contributed by atoms with Crippen molar-refractivity contribution in [3.63, 3.8) is 0 Å². The van der Waals surface area contributed by atoms with Gasteiger partial charge in [-0.05, 0) is 60.7 Å². The van der Waals surface area contributed by atoms with Gasteiger partial charge in [-0.25, -0.2) is 14.8 Å². The van der Waals surface area contributed by atoms with Crippen LogP contribution in [0.3, 0.4) is 0 Å². The van der Waals surface area contributed by atoms with Crippen LogP contribution < -0.4 is 26.0 Å². The second kappa shape index (κ2) is 12.5. The van der Waals surface area contributed by atoms with E-state index in [1.807, 2.05) is 0 Å². The van der Waals surface area contributed by atoms with Gasteiger partial charge in [-0.1, -0.05) is 17.7 Å². The SMILES string of the molecule is O=C(CCl)Nc1cccc(Nc2cc(Oc3ccc(NC(=O)Nc4ccc(Cl)c(C(F)(F)F)c4)cc3)ncn2)c1. The van der Waals surface area contributed by atoms with Gasteiger partial charge in [-0.2, -0.15) is 13.2 Å². The molecule has 3 aromatic carbocycles. The lowest BCUT2D eigenvalue weighted by atomic mass is 10.2. The Labute approximate surface area is 235 Å². The van der Waals surface area contributed by atoms with Crippen molar-refractivity contribution in [3.8, 4) is 11.6 Å². The maximum absolute atomic E-state index is 13.0. The van der Waals surface area contributed by atoms with Gasteiger partial charge < -0.3 is 26.0 Å². The van der Waals surface area contributed by atoms with E-state index in [0.717, 1.165) is 12.1 Å². The third-order valence-electron chi connectivity index (χ3n) is 5.05. The van der Waals surface area contributed by atoms with Crippen LogP contribution in [0.15, 0.2) is 79.1 Å². The maximum atomic E-state index is 13.0. The minimum atomic E-state index is -4.66. The Morgan fingerprint density at radius 3 is 2.23 bits per heavy atom. The average Bonchev–Trinajstić information content (AvgIpc) is 2.90. The van der Waals surface area contributed by atoms with Crippen LogP contribution in [0.1, 0.15) is 5.56 Å². The number of aromatic nitrogens is 2. The molecule has 0 saturated heterocycles. The topological polar surface area (TPSA) is 117 Å². The zero-order valence-electron chi connectivity index (χ0n) is 20.2. The Morgan fingerprint density at radius 2 is 1.50 bits per heavy atom. The third-order valence-corrected chi connectivity index (χ3v) is 5.62. The average molecular weight is 591 g/mol. The second-order valence-electron chi connectivity index (χ2n) is 8.03. The second-order valence-corrected chi connectivity index (χ2v) is 8.70. The third kappa shape index (κ3) is 7.98. The molecule has 0 spiro atoms. The fourth-order valence-corrected chi connectivity index (χ4v) is 3.61. The first-order chi connectivity index (χ1) is 19.1. The Balaban J connectivity index is 1.35. The Hall–Kier alpha value is -4.55. The summed E-state index contributed by atoms with van der Waals surface area (Å²) in [7, 11) is 0. The molecule has 0 aliphatic carbocycles. The lowest BCUT2D eigenvalue weighted by molar-refractivity contribution is -0.137. The summed E-state index contributed by atoms with van der Waals surface area (Å²) in [5.41, 5.74) is 0.442. The molecule has 206 valence electrons. The predicted octanol–water partition coefficient (Wildman–Crippen LogP) is 7.51. The zero-order valence-corrected chi connectivity index (χ0v) is 21.7. The van der Waals surface area contributed by atoms with Gasteiger partial charge in [-0.3, -0.25) is 4.79 Å². The molecule has 9 nitrogen and oxygen atoms in total. The van der Waals surface area contributed by atoms with E-state index in [-0.39, 0.29) is 23.4 Å². The molecule has 0 atom stereocenters. The van der Waals surface area contributed by atoms with Crippen LogP contribution in [0.2, 0.25) is 5.02 Å². The van der Waals surface area contributed by atoms with Crippen LogP contribution in [0.4, 0.5) is 46.5 Å². The summed E-state index contributed by atoms with van der Waals surface area (Å²) in [5, 5.41) is 10.1. The molecule has 0 saturated carbocycles. The highest BCUT2D eigenvalue weighted by atomic mass is 35.5. The molecule has 0 radical (unpaired) electrons. The largest absolute Gasteiger partial charge is 0.439 e. The number of amides is 3. The summed E-state index contributed by atoms with van der Waals surface area (Å²) in [6.45, 7) is 0. The number of nitrogens with one attached hydrogen (secondary N) is 4. The van der Waals surface area contributed by atoms with Crippen molar-refractivity contribution in [1.29, 1.82) is 0 Å². The van der Waals surface area contributed by atoms with Crippen LogP contribution in [0.25, 0.3) is 0 Å². The van der Waals surface area contributed by atoms with E-state index in [4.69, 9.17) is 27.9 Å². The number of carbonyl (C=O) groups excluding carboxylic acids is 2. The summed E-state index contributed by atoms with van der Waals surface area (Å²) in [6.07, 6.45) is -3.35. The number of carbonyl (C=O) groups is 2. The highest BCUT2D eigenvalue weighted by Gasteiger charge is 2.33. The van der Waals surface area contributed by atoms with Gasteiger partial charge in [0.2, 0.25) is 11.8 Å². The van der Waals surface area contributed by atoms with Crippen LogP contribution in [-0.4, -0.2) is 27.8 Å². The van der Waals surface area contributed by atoms with E-state index in [1.54, 1.807) is 54.6 Å². The summed E-state index contributed by atoms with van der Waals surface area (Å²) >= 11 is 11.1. The molecule has 0 unspecified atom stereocenters. The number of nitrogens with zero attached hydrogens (tertiary/aromatic N) is 2. The lowest BCUT2D eigenvalue weighted by Crippen LogP contribution is -2.19. The molecule has 1 heterocycles. The molecule has 4 aromatic rings. The Morgan fingerprint density at radius 1 is 0.825 bits per heavy atom. The van der Waals surface area contributed by atoms with Crippen LogP contribution in [0, 0.1) is 0 Å². The van der Waals surface area contributed by atoms with Crippen molar-refractivity contribution in [2.45, 2.75) is 6.18 Å². The number of hydrogen-bond donors (Lipinski definition) is 4. The van der Waals surface area contributed by atoms with E-state index in [9.17, 15) is 22.8 Å². The normalized spacial score (nSPS) is 10.9. The molecular weight excluding hydrogens is 572 g/mol. The highest BCUT2D eigenvalue weighted by Crippen LogP contribution is 2.36. The number of benzene rings is 3. The molecule has 1 aromatic heterocycles. The fourth-order valence-electron chi connectivity index (χ4n) is 3.32. The quantitative estimate of drug-likeness (QED) is 0.158. The fraction of sp³-hybridized carbons (Fsp3) is 0.0769. The van der Waals surface area contributed by atoms with E-state index in [2.05, 4.69) is 31.2 Å². The number of hydrogen-bond acceptors (Lipinski definition) is 6. The van der Waals surface area contributed by atoms with Gasteiger partial charge >= 0.3 is 12.2 Å². The number of alkyl halides is 4. The predicted molar refractivity (Wildman–Crippen MR) is 147 cm³/mol. The van der Waals surface area contributed by atoms with E-state index < -0.39 is 22.8 Å². The molecule has 14 heteroatoms. The summed E-state index contributed by atoms with van der Waals surface area (Å²) in [5.74, 6) is 0.556.